The number of rotatable bonds is 4. The molecule has 2 unspecified atom stereocenters. The Kier molecular flexibility index (Phi) is 4.40. The van der Waals surface area contributed by atoms with Gasteiger partial charge in [0, 0.05) is 19.1 Å². The van der Waals surface area contributed by atoms with Gasteiger partial charge in [-0.25, -0.2) is 0 Å². The topological polar surface area (TPSA) is 35.6 Å². The lowest BCUT2D eigenvalue weighted by molar-refractivity contribution is -0.138. The molecule has 2 atom stereocenters. The van der Waals surface area contributed by atoms with Gasteiger partial charge in [-0.2, -0.15) is 0 Å². The maximum absolute atomic E-state index is 12.2. The fraction of sp³-hybridized carbons (Fsp3) is 0.923. The highest BCUT2D eigenvalue weighted by Gasteiger charge is 2.31. The fourth-order valence-electron chi connectivity index (χ4n) is 3.04. The number of piperidine rings is 1. The van der Waals surface area contributed by atoms with E-state index in [0.29, 0.717) is 11.9 Å². The Hall–Kier alpha value is -0.610. The largest absolute Gasteiger partial charge is 0.337 e. The smallest absolute Gasteiger partial charge is 0.239 e. The number of amides is 1. The molecule has 2 rings (SSSR count). The second-order valence-corrected chi connectivity index (χ2v) is 5.37. The zero-order valence-electron chi connectivity index (χ0n) is 11.1. The van der Waals surface area contributed by atoms with E-state index in [-0.39, 0.29) is 6.04 Å². The molecule has 1 N–H and O–H groups in total. The van der Waals surface area contributed by atoms with Crippen LogP contribution in [0.15, 0.2) is 0 Å². The summed E-state index contributed by atoms with van der Waals surface area (Å²) in [7, 11) is 1.89. The van der Waals surface area contributed by atoms with Gasteiger partial charge in [0.05, 0.1) is 6.04 Å². The number of carbonyl (C=O) groups is 1. The third kappa shape index (κ3) is 2.99. The standard InChI is InChI=1S/C13H25N3O/c1-11(10-15-7-3-4-8-15)16-9-5-6-12(14-2)13(16)17/h11-12,14H,3-10H2,1-2H3. The van der Waals surface area contributed by atoms with Crippen LogP contribution in [0, 0.1) is 0 Å². The molecular weight excluding hydrogens is 214 g/mol. The van der Waals surface area contributed by atoms with E-state index >= 15 is 0 Å². The van der Waals surface area contributed by atoms with Crippen molar-refractivity contribution in [1.29, 1.82) is 0 Å². The van der Waals surface area contributed by atoms with Crippen molar-refractivity contribution in [2.45, 2.75) is 44.7 Å². The van der Waals surface area contributed by atoms with Crippen molar-refractivity contribution in [2.24, 2.45) is 0 Å². The van der Waals surface area contributed by atoms with Crippen LogP contribution in [0.2, 0.25) is 0 Å². The zero-order chi connectivity index (χ0) is 12.3. The summed E-state index contributed by atoms with van der Waals surface area (Å²) in [5.41, 5.74) is 0. The van der Waals surface area contributed by atoms with Gasteiger partial charge in [-0.15, -0.1) is 0 Å². The maximum Gasteiger partial charge on any atom is 0.239 e. The third-order valence-electron chi connectivity index (χ3n) is 4.07. The highest BCUT2D eigenvalue weighted by atomic mass is 16.2. The van der Waals surface area contributed by atoms with Crippen molar-refractivity contribution in [2.75, 3.05) is 33.2 Å². The van der Waals surface area contributed by atoms with Crippen molar-refractivity contribution < 1.29 is 4.79 Å². The van der Waals surface area contributed by atoms with E-state index < -0.39 is 0 Å². The molecule has 0 aromatic rings. The normalized spacial score (nSPS) is 28.7. The summed E-state index contributed by atoms with van der Waals surface area (Å²) in [5.74, 6) is 0.297. The number of likely N-dealkylation sites (tertiary alicyclic amines) is 2. The minimum Gasteiger partial charge on any atom is -0.337 e. The SMILES string of the molecule is CNC1CCCN(C(C)CN2CCCC2)C1=O. The molecule has 0 aromatic heterocycles. The van der Waals surface area contributed by atoms with E-state index in [2.05, 4.69) is 22.0 Å². The van der Waals surface area contributed by atoms with Crippen LogP contribution >= 0.6 is 0 Å². The van der Waals surface area contributed by atoms with Crippen LogP contribution in [-0.4, -0.2) is 61.0 Å². The molecule has 2 aliphatic heterocycles. The molecule has 0 aliphatic carbocycles. The molecule has 2 saturated heterocycles. The first-order valence-corrected chi connectivity index (χ1v) is 6.92. The molecule has 98 valence electrons. The van der Waals surface area contributed by atoms with E-state index in [1.165, 1.54) is 25.9 Å². The molecule has 1 amide bonds. The van der Waals surface area contributed by atoms with Gasteiger partial charge in [0.15, 0.2) is 0 Å². The molecule has 0 radical (unpaired) electrons. The van der Waals surface area contributed by atoms with E-state index in [1.807, 2.05) is 7.05 Å². The van der Waals surface area contributed by atoms with Gasteiger partial charge in [0.2, 0.25) is 5.91 Å². The van der Waals surface area contributed by atoms with E-state index in [0.717, 1.165) is 25.9 Å². The minimum absolute atomic E-state index is 0.0461. The highest BCUT2D eigenvalue weighted by molar-refractivity contribution is 5.82. The molecule has 2 heterocycles. The predicted octanol–water partition coefficient (Wildman–Crippen LogP) is 0.681. The monoisotopic (exact) mass is 239 g/mol. The zero-order valence-corrected chi connectivity index (χ0v) is 11.1. The number of nitrogens with one attached hydrogen (secondary N) is 1. The van der Waals surface area contributed by atoms with Gasteiger partial charge in [-0.1, -0.05) is 0 Å². The number of hydrogen-bond acceptors (Lipinski definition) is 3. The van der Waals surface area contributed by atoms with Crippen molar-refractivity contribution in [3.05, 3.63) is 0 Å². The minimum atomic E-state index is 0.0461. The molecule has 0 bridgehead atoms. The molecule has 4 nitrogen and oxygen atoms in total. The van der Waals surface area contributed by atoms with Crippen molar-refractivity contribution in [3.8, 4) is 0 Å². The van der Waals surface area contributed by atoms with E-state index in [1.54, 1.807) is 0 Å². The number of likely N-dealkylation sites (N-methyl/N-ethyl adjacent to an activating group) is 1. The number of nitrogens with zero attached hydrogens (tertiary/aromatic N) is 2. The second-order valence-electron chi connectivity index (χ2n) is 5.37. The highest BCUT2D eigenvalue weighted by Crippen LogP contribution is 2.16. The quantitative estimate of drug-likeness (QED) is 0.784. The van der Waals surface area contributed by atoms with Crippen LogP contribution in [0.5, 0.6) is 0 Å². The average Bonchev–Trinajstić information content (AvgIpc) is 2.82. The Balaban J connectivity index is 1.88. The summed E-state index contributed by atoms with van der Waals surface area (Å²) in [4.78, 5) is 16.8. The lowest BCUT2D eigenvalue weighted by Gasteiger charge is -2.37. The molecular formula is C13H25N3O. The molecule has 17 heavy (non-hydrogen) atoms. The van der Waals surface area contributed by atoms with Crippen LogP contribution < -0.4 is 5.32 Å². The summed E-state index contributed by atoms with van der Waals surface area (Å²) in [5, 5.41) is 3.13. The van der Waals surface area contributed by atoms with Crippen LogP contribution in [0.1, 0.15) is 32.6 Å². The Morgan fingerprint density at radius 2 is 2.00 bits per heavy atom. The van der Waals surface area contributed by atoms with Crippen LogP contribution in [0.3, 0.4) is 0 Å². The molecule has 4 heteroatoms. The van der Waals surface area contributed by atoms with Crippen molar-refractivity contribution in [3.63, 3.8) is 0 Å². The van der Waals surface area contributed by atoms with Gasteiger partial charge >= 0.3 is 0 Å². The maximum atomic E-state index is 12.2. The Morgan fingerprint density at radius 1 is 1.29 bits per heavy atom. The third-order valence-corrected chi connectivity index (χ3v) is 4.07. The molecule has 2 aliphatic rings. The lowest BCUT2D eigenvalue weighted by atomic mass is 10.0. The second kappa shape index (κ2) is 5.83. The first-order chi connectivity index (χ1) is 8.22. The first-order valence-electron chi connectivity index (χ1n) is 6.92. The Morgan fingerprint density at radius 3 is 2.65 bits per heavy atom. The predicted molar refractivity (Wildman–Crippen MR) is 68.9 cm³/mol. The summed E-state index contributed by atoms with van der Waals surface area (Å²) in [6, 6.07) is 0.404. The van der Waals surface area contributed by atoms with Crippen molar-refractivity contribution >= 4 is 5.91 Å². The Labute approximate surface area is 104 Å². The van der Waals surface area contributed by atoms with Gasteiger partial charge < -0.3 is 15.1 Å². The summed E-state index contributed by atoms with van der Waals surface area (Å²) in [6.07, 6.45) is 4.75. The molecule has 0 saturated carbocycles. The Bertz CT molecular complexity index is 263. The van der Waals surface area contributed by atoms with Crippen LogP contribution in [-0.2, 0) is 4.79 Å². The lowest BCUT2D eigenvalue weighted by Crippen LogP contribution is -2.54. The van der Waals surface area contributed by atoms with Gasteiger partial charge in [-0.05, 0) is 52.7 Å². The van der Waals surface area contributed by atoms with Gasteiger partial charge in [0.1, 0.15) is 0 Å². The van der Waals surface area contributed by atoms with E-state index in [9.17, 15) is 4.79 Å². The summed E-state index contributed by atoms with van der Waals surface area (Å²) < 4.78 is 0. The number of carbonyl (C=O) groups excluding carboxylic acids is 1. The van der Waals surface area contributed by atoms with Crippen LogP contribution in [0.4, 0.5) is 0 Å². The van der Waals surface area contributed by atoms with Gasteiger partial charge in [-0.3, -0.25) is 4.79 Å². The summed E-state index contributed by atoms with van der Waals surface area (Å²) >= 11 is 0. The van der Waals surface area contributed by atoms with E-state index in [4.69, 9.17) is 0 Å². The fourth-order valence-corrected chi connectivity index (χ4v) is 3.04. The first kappa shape index (κ1) is 12.8. The molecule has 2 fully saturated rings. The average molecular weight is 239 g/mol. The number of hydrogen-bond donors (Lipinski definition) is 1. The molecule has 0 aromatic carbocycles. The molecule has 0 spiro atoms. The van der Waals surface area contributed by atoms with Crippen molar-refractivity contribution in [1.82, 2.24) is 15.1 Å². The summed E-state index contributed by atoms with van der Waals surface area (Å²) in [6.45, 7) is 6.59. The van der Waals surface area contributed by atoms with Gasteiger partial charge in [0.25, 0.3) is 0 Å². The van der Waals surface area contributed by atoms with Crippen LogP contribution in [0.25, 0.3) is 0 Å².